The van der Waals surface area contributed by atoms with Gasteiger partial charge in [-0.25, -0.2) is 9.97 Å². The molecule has 0 saturated carbocycles. The fraction of sp³-hybridized carbons (Fsp3) is 0.375. The topological polar surface area (TPSA) is 35.5 Å². The van der Waals surface area contributed by atoms with Gasteiger partial charge in [-0.15, -0.1) is 0 Å². The third-order valence-corrected chi connectivity index (χ3v) is 4.11. The highest BCUT2D eigenvalue weighted by atomic mass is 35.5. The van der Waals surface area contributed by atoms with Gasteiger partial charge < -0.3 is 14.7 Å². The molecule has 1 aliphatic heterocycles. The molecule has 0 atom stereocenters. The first-order valence-corrected chi connectivity index (χ1v) is 7.76. The third-order valence-electron chi connectivity index (χ3n) is 3.87. The number of piperazine rings is 1. The minimum absolute atomic E-state index is 0.784. The van der Waals surface area contributed by atoms with Crippen LogP contribution in [-0.4, -0.2) is 50.2 Å². The average molecular weight is 318 g/mol. The summed E-state index contributed by atoms with van der Waals surface area (Å²) < 4.78 is 0. The maximum absolute atomic E-state index is 6.08. The molecule has 116 valence electrons. The normalized spacial score (nSPS) is 15.0. The van der Waals surface area contributed by atoms with Gasteiger partial charge in [0.2, 0.25) is 0 Å². The van der Waals surface area contributed by atoms with E-state index < -0.39 is 0 Å². The van der Waals surface area contributed by atoms with Crippen molar-refractivity contribution in [2.45, 2.75) is 0 Å². The summed E-state index contributed by atoms with van der Waals surface area (Å²) >= 11 is 6.08. The van der Waals surface area contributed by atoms with Gasteiger partial charge in [-0.05, 0) is 18.2 Å². The van der Waals surface area contributed by atoms with E-state index in [0.29, 0.717) is 0 Å². The fourth-order valence-corrected chi connectivity index (χ4v) is 2.81. The van der Waals surface area contributed by atoms with Crippen LogP contribution in [-0.2, 0) is 0 Å². The van der Waals surface area contributed by atoms with E-state index in [-0.39, 0.29) is 0 Å². The number of rotatable bonds is 3. The molecular weight excluding hydrogens is 298 g/mol. The number of halogens is 1. The standard InChI is InChI=1S/C16H20ClN5/c1-20(2)15-11-16(19-12-18-15)22-8-6-21(7-9-22)14-5-3-4-13(17)10-14/h3-5,10-12H,6-9H2,1-2H3. The molecule has 1 aromatic heterocycles. The Morgan fingerprint density at radius 3 is 2.41 bits per heavy atom. The van der Waals surface area contributed by atoms with Crippen molar-refractivity contribution in [1.29, 1.82) is 0 Å². The largest absolute Gasteiger partial charge is 0.368 e. The zero-order valence-corrected chi connectivity index (χ0v) is 13.7. The minimum atomic E-state index is 0.784. The summed E-state index contributed by atoms with van der Waals surface area (Å²) in [6, 6.07) is 10.1. The van der Waals surface area contributed by atoms with Crippen molar-refractivity contribution < 1.29 is 0 Å². The Morgan fingerprint density at radius 2 is 1.73 bits per heavy atom. The Morgan fingerprint density at radius 1 is 1.00 bits per heavy atom. The van der Waals surface area contributed by atoms with E-state index in [1.54, 1.807) is 6.33 Å². The molecule has 0 bridgehead atoms. The molecule has 0 radical (unpaired) electrons. The van der Waals surface area contributed by atoms with Crippen LogP contribution in [0.15, 0.2) is 36.7 Å². The van der Waals surface area contributed by atoms with Crippen LogP contribution < -0.4 is 14.7 Å². The van der Waals surface area contributed by atoms with Gasteiger partial charge in [-0.1, -0.05) is 17.7 Å². The second-order valence-electron chi connectivity index (χ2n) is 5.58. The van der Waals surface area contributed by atoms with Crippen molar-refractivity contribution in [3.05, 3.63) is 41.7 Å². The summed E-state index contributed by atoms with van der Waals surface area (Å²) in [5.74, 6) is 1.92. The Labute approximate surface area is 136 Å². The molecule has 1 saturated heterocycles. The van der Waals surface area contributed by atoms with Crippen LogP contribution in [0.2, 0.25) is 5.02 Å². The number of nitrogens with zero attached hydrogens (tertiary/aromatic N) is 5. The molecule has 3 rings (SSSR count). The molecule has 6 heteroatoms. The van der Waals surface area contributed by atoms with Gasteiger partial charge in [-0.3, -0.25) is 0 Å². The van der Waals surface area contributed by atoms with Crippen LogP contribution in [0.5, 0.6) is 0 Å². The molecule has 0 amide bonds. The van der Waals surface area contributed by atoms with Gasteiger partial charge in [0.1, 0.15) is 18.0 Å². The molecule has 2 aromatic rings. The van der Waals surface area contributed by atoms with Crippen LogP contribution in [0.25, 0.3) is 0 Å². The van der Waals surface area contributed by atoms with E-state index in [1.165, 1.54) is 5.69 Å². The lowest BCUT2D eigenvalue weighted by atomic mass is 10.2. The van der Waals surface area contributed by atoms with E-state index in [9.17, 15) is 0 Å². The zero-order chi connectivity index (χ0) is 15.5. The molecular formula is C16H20ClN5. The van der Waals surface area contributed by atoms with E-state index in [1.807, 2.05) is 43.3 Å². The highest BCUT2D eigenvalue weighted by Crippen LogP contribution is 2.23. The Balaban J connectivity index is 1.68. The molecule has 1 fully saturated rings. The Kier molecular flexibility index (Phi) is 4.34. The highest BCUT2D eigenvalue weighted by Gasteiger charge is 2.19. The predicted molar refractivity (Wildman–Crippen MR) is 92.2 cm³/mol. The van der Waals surface area contributed by atoms with Crippen molar-refractivity contribution in [2.75, 3.05) is 55.0 Å². The molecule has 0 spiro atoms. The van der Waals surface area contributed by atoms with Crippen molar-refractivity contribution in [3.63, 3.8) is 0 Å². The monoisotopic (exact) mass is 317 g/mol. The van der Waals surface area contributed by atoms with E-state index >= 15 is 0 Å². The van der Waals surface area contributed by atoms with Gasteiger partial charge in [-0.2, -0.15) is 0 Å². The minimum Gasteiger partial charge on any atom is -0.368 e. The molecule has 5 nitrogen and oxygen atoms in total. The maximum atomic E-state index is 6.08. The summed E-state index contributed by atoms with van der Waals surface area (Å²) in [6.07, 6.45) is 1.63. The summed E-state index contributed by atoms with van der Waals surface area (Å²) in [7, 11) is 3.98. The molecule has 0 aliphatic carbocycles. The third kappa shape index (κ3) is 3.25. The first-order chi connectivity index (χ1) is 10.6. The molecule has 1 aromatic carbocycles. The first-order valence-electron chi connectivity index (χ1n) is 7.38. The van der Waals surface area contributed by atoms with Gasteiger partial charge in [0.15, 0.2) is 0 Å². The van der Waals surface area contributed by atoms with Crippen LogP contribution in [0.1, 0.15) is 0 Å². The number of anilines is 3. The lowest BCUT2D eigenvalue weighted by Gasteiger charge is -2.36. The Hall–Kier alpha value is -2.01. The lowest BCUT2D eigenvalue weighted by molar-refractivity contribution is 0.646. The average Bonchev–Trinajstić information content (AvgIpc) is 2.55. The summed E-state index contributed by atoms with van der Waals surface area (Å²) in [4.78, 5) is 15.3. The van der Waals surface area contributed by atoms with Gasteiger partial charge >= 0.3 is 0 Å². The molecule has 1 aliphatic rings. The predicted octanol–water partition coefficient (Wildman–Crippen LogP) is 2.52. The van der Waals surface area contributed by atoms with Crippen molar-refractivity contribution in [2.24, 2.45) is 0 Å². The Bertz CT molecular complexity index is 638. The SMILES string of the molecule is CN(C)c1cc(N2CCN(c3cccc(Cl)c3)CC2)ncn1. The van der Waals surface area contributed by atoms with Crippen LogP contribution >= 0.6 is 11.6 Å². The van der Waals surface area contributed by atoms with Crippen LogP contribution in [0.3, 0.4) is 0 Å². The molecule has 2 heterocycles. The fourth-order valence-electron chi connectivity index (χ4n) is 2.62. The first kappa shape index (κ1) is 14.9. The van der Waals surface area contributed by atoms with E-state index in [0.717, 1.165) is 42.8 Å². The van der Waals surface area contributed by atoms with Crippen LogP contribution in [0.4, 0.5) is 17.3 Å². The number of aromatic nitrogens is 2. The number of hydrogen-bond acceptors (Lipinski definition) is 5. The second kappa shape index (κ2) is 6.40. The van der Waals surface area contributed by atoms with E-state index in [2.05, 4.69) is 25.8 Å². The molecule has 0 unspecified atom stereocenters. The zero-order valence-electron chi connectivity index (χ0n) is 12.9. The van der Waals surface area contributed by atoms with Crippen molar-refractivity contribution in [1.82, 2.24) is 9.97 Å². The van der Waals surface area contributed by atoms with Crippen molar-refractivity contribution >= 4 is 28.9 Å². The molecule has 22 heavy (non-hydrogen) atoms. The van der Waals surface area contributed by atoms with Gasteiger partial charge in [0, 0.05) is 57.1 Å². The van der Waals surface area contributed by atoms with Crippen LogP contribution in [0, 0.1) is 0 Å². The quantitative estimate of drug-likeness (QED) is 0.869. The highest BCUT2D eigenvalue weighted by molar-refractivity contribution is 6.30. The summed E-state index contributed by atoms with van der Waals surface area (Å²) in [6.45, 7) is 3.80. The number of benzene rings is 1. The lowest BCUT2D eigenvalue weighted by Crippen LogP contribution is -2.46. The maximum Gasteiger partial charge on any atom is 0.134 e. The second-order valence-corrected chi connectivity index (χ2v) is 6.02. The van der Waals surface area contributed by atoms with Crippen molar-refractivity contribution in [3.8, 4) is 0 Å². The van der Waals surface area contributed by atoms with Gasteiger partial charge in [0.25, 0.3) is 0 Å². The summed E-state index contributed by atoms with van der Waals surface area (Å²) in [5.41, 5.74) is 1.18. The number of hydrogen-bond donors (Lipinski definition) is 0. The van der Waals surface area contributed by atoms with Gasteiger partial charge in [0.05, 0.1) is 0 Å². The smallest absolute Gasteiger partial charge is 0.134 e. The summed E-state index contributed by atoms with van der Waals surface area (Å²) in [5, 5.41) is 0.784. The molecule has 0 N–H and O–H groups in total. The van der Waals surface area contributed by atoms with E-state index in [4.69, 9.17) is 11.6 Å².